The Morgan fingerprint density at radius 3 is 2.39 bits per heavy atom. The Labute approximate surface area is 111 Å². The summed E-state index contributed by atoms with van der Waals surface area (Å²) < 4.78 is 12.2. The van der Waals surface area contributed by atoms with Crippen molar-refractivity contribution in [2.75, 3.05) is 0 Å². The number of benzene rings is 1. The maximum atomic E-state index is 6.15. The van der Waals surface area contributed by atoms with Gasteiger partial charge >= 0.3 is 7.12 Å². The van der Waals surface area contributed by atoms with Crippen molar-refractivity contribution in [3.8, 4) is 0 Å². The van der Waals surface area contributed by atoms with E-state index < -0.39 is 0 Å². The molecular weight excluding hydrogens is 223 g/mol. The maximum absolute atomic E-state index is 6.15. The zero-order chi connectivity index (χ0) is 13.2. The Balaban J connectivity index is 2.16. The lowest BCUT2D eigenvalue weighted by atomic mass is 9.73. The minimum atomic E-state index is -0.214. The van der Waals surface area contributed by atoms with Crippen LogP contribution in [0.15, 0.2) is 30.3 Å². The van der Waals surface area contributed by atoms with Gasteiger partial charge in [0.25, 0.3) is 0 Å². The van der Waals surface area contributed by atoms with Gasteiger partial charge in [0.15, 0.2) is 0 Å². The summed E-state index contributed by atoms with van der Waals surface area (Å²) in [6, 6.07) is 10.2. The summed E-state index contributed by atoms with van der Waals surface area (Å²) in [7, 11) is -0.214. The van der Waals surface area contributed by atoms with Crippen molar-refractivity contribution in [1.82, 2.24) is 0 Å². The third kappa shape index (κ3) is 3.15. The van der Waals surface area contributed by atoms with Gasteiger partial charge in [0, 0.05) is 6.10 Å². The molecule has 1 aliphatic rings. The average Bonchev–Trinajstić information content (AvgIpc) is 2.38. The van der Waals surface area contributed by atoms with Crippen LogP contribution in [-0.4, -0.2) is 19.3 Å². The van der Waals surface area contributed by atoms with Gasteiger partial charge in [0.2, 0.25) is 0 Å². The predicted molar refractivity (Wildman–Crippen MR) is 75.9 cm³/mol. The van der Waals surface area contributed by atoms with Crippen molar-refractivity contribution in [3.63, 3.8) is 0 Å². The molecule has 0 saturated carbocycles. The molecule has 0 radical (unpaired) electrons. The van der Waals surface area contributed by atoms with Gasteiger partial charge in [-0.2, -0.15) is 0 Å². The van der Waals surface area contributed by atoms with Gasteiger partial charge in [0.05, 0.1) is 6.10 Å². The van der Waals surface area contributed by atoms with Crippen LogP contribution in [0.4, 0.5) is 0 Å². The molecule has 0 aromatic heterocycles. The van der Waals surface area contributed by atoms with E-state index in [9.17, 15) is 0 Å². The van der Waals surface area contributed by atoms with E-state index in [4.69, 9.17) is 9.31 Å². The Morgan fingerprint density at radius 2 is 1.83 bits per heavy atom. The molecule has 3 heteroatoms. The fourth-order valence-corrected chi connectivity index (χ4v) is 2.29. The normalized spacial score (nSPS) is 25.2. The van der Waals surface area contributed by atoms with Crippen LogP contribution in [0, 0.1) is 5.41 Å². The van der Waals surface area contributed by atoms with E-state index in [1.165, 1.54) is 0 Å². The topological polar surface area (TPSA) is 18.5 Å². The molecule has 2 nitrogen and oxygen atoms in total. The fourth-order valence-electron chi connectivity index (χ4n) is 2.29. The summed E-state index contributed by atoms with van der Waals surface area (Å²) in [6.45, 7) is 8.88. The third-order valence-corrected chi connectivity index (χ3v) is 3.57. The molecule has 0 bridgehead atoms. The summed E-state index contributed by atoms with van der Waals surface area (Å²) in [5, 5.41) is 0. The summed E-state index contributed by atoms with van der Waals surface area (Å²) in [5.74, 6) is 0. The minimum Gasteiger partial charge on any atom is -0.404 e. The predicted octanol–water partition coefficient (Wildman–Crippen LogP) is 3.01. The Hall–Kier alpha value is -0.795. The smallest absolute Gasteiger partial charge is 0.404 e. The van der Waals surface area contributed by atoms with Crippen LogP contribution in [0.5, 0.6) is 0 Å². The van der Waals surface area contributed by atoms with Crippen molar-refractivity contribution in [3.05, 3.63) is 30.3 Å². The highest BCUT2D eigenvalue weighted by Crippen LogP contribution is 2.31. The van der Waals surface area contributed by atoms with Crippen LogP contribution in [-0.2, 0) is 9.31 Å². The first-order chi connectivity index (χ1) is 8.50. The van der Waals surface area contributed by atoms with E-state index in [1.54, 1.807) is 0 Å². The molecule has 1 heterocycles. The molecule has 0 amide bonds. The molecule has 1 aliphatic heterocycles. The van der Waals surface area contributed by atoms with Gasteiger partial charge in [0.1, 0.15) is 0 Å². The second-order valence-corrected chi connectivity index (χ2v) is 6.14. The molecule has 1 saturated heterocycles. The SMILES string of the molecule is CC[C@H]1C[C@@H](C(C)(C)C)OB(c2ccccc2)O1. The van der Waals surface area contributed by atoms with E-state index in [0.717, 1.165) is 18.3 Å². The van der Waals surface area contributed by atoms with E-state index in [2.05, 4.69) is 39.8 Å². The number of hydrogen-bond acceptors (Lipinski definition) is 2. The average molecular weight is 246 g/mol. The molecule has 18 heavy (non-hydrogen) atoms. The van der Waals surface area contributed by atoms with Crippen LogP contribution >= 0.6 is 0 Å². The second kappa shape index (κ2) is 5.46. The maximum Gasteiger partial charge on any atom is 0.494 e. The first-order valence-corrected chi connectivity index (χ1v) is 6.86. The van der Waals surface area contributed by atoms with Gasteiger partial charge in [-0.15, -0.1) is 0 Å². The van der Waals surface area contributed by atoms with Crippen LogP contribution in [0.25, 0.3) is 0 Å². The molecule has 98 valence electrons. The quantitative estimate of drug-likeness (QED) is 0.747. The molecule has 2 atom stereocenters. The van der Waals surface area contributed by atoms with Crippen LogP contribution < -0.4 is 5.46 Å². The van der Waals surface area contributed by atoms with E-state index in [-0.39, 0.29) is 18.6 Å². The molecule has 2 rings (SSSR count). The van der Waals surface area contributed by atoms with Gasteiger partial charge in [-0.1, -0.05) is 58.0 Å². The monoisotopic (exact) mass is 246 g/mol. The second-order valence-electron chi connectivity index (χ2n) is 6.14. The minimum absolute atomic E-state index is 0.157. The van der Waals surface area contributed by atoms with Crippen molar-refractivity contribution in [2.24, 2.45) is 5.41 Å². The Morgan fingerprint density at radius 1 is 1.17 bits per heavy atom. The molecule has 0 spiro atoms. The zero-order valence-corrected chi connectivity index (χ0v) is 11.8. The van der Waals surface area contributed by atoms with Crippen LogP contribution in [0.1, 0.15) is 40.5 Å². The lowest BCUT2D eigenvalue weighted by molar-refractivity contribution is -0.0296. The highest BCUT2D eigenvalue weighted by molar-refractivity contribution is 6.61. The Kier molecular flexibility index (Phi) is 4.13. The van der Waals surface area contributed by atoms with Crippen molar-refractivity contribution in [1.29, 1.82) is 0 Å². The summed E-state index contributed by atoms with van der Waals surface area (Å²) in [5.41, 5.74) is 1.27. The molecule has 1 aromatic rings. The number of rotatable bonds is 2. The van der Waals surface area contributed by atoms with Crippen molar-refractivity contribution >= 4 is 12.6 Å². The van der Waals surface area contributed by atoms with Crippen LogP contribution in [0.3, 0.4) is 0 Å². The molecule has 0 unspecified atom stereocenters. The zero-order valence-electron chi connectivity index (χ0n) is 11.8. The van der Waals surface area contributed by atoms with Gasteiger partial charge < -0.3 is 9.31 Å². The van der Waals surface area contributed by atoms with Crippen LogP contribution in [0.2, 0.25) is 0 Å². The van der Waals surface area contributed by atoms with Gasteiger partial charge in [-0.3, -0.25) is 0 Å². The fraction of sp³-hybridized carbons (Fsp3) is 0.600. The van der Waals surface area contributed by atoms with Crippen molar-refractivity contribution in [2.45, 2.75) is 52.7 Å². The molecule has 1 aromatic carbocycles. The molecule has 1 fully saturated rings. The lowest BCUT2D eigenvalue weighted by Gasteiger charge is -2.40. The lowest BCUT2D eigenvalue weighted by Crippen LogP contribution is -2.51. The van der Waals surface area contributed by atoms with E-state index in [1.807, 2.05) is 18.2 Å². The van der Waals surface area contributed by atoms with E-state index >= 15 is 0 Å². The molecule has 0 aliphatic carbocycles. The van der Waals surface area contributed by atoms with Gasteiger partial charge in [-0.25, -0.2) is 0 Å². The first kappa shape index (κ1) is 13.6. The highest BCUT2D eigenvalue weighted by Gasteiger charge is 2.39. The Bertz CT molecular complexity index is 372. The van der Waals surface area contributed by atoms with Crippen molar-refractivity contribution < 1.29 is 9.31 Å². The highest BCUT2D eigenvalue weighted by atomic mass is 16.6. The molecule has 0 N–H and O–H groups in total. The first-order valence-electron chi connectivity index (χ1n) is 6.86. The third-order valence-electron chi connectivity index (χ3n) is 3.57. The summed E-state index contributed by atoms with van der Waals surface area (Å²) in [4.78, 5) is 0. The largest absolute Gasteiger partial charge is 0.494 e. The summed E-state index contributed by atoms with van der Waals surface area (Å²) in [6.07, 6.45) is 2.58. The standard InChI is InChI=1S/C15H23BO2/c1-5-13-11-14(15(2,3)4)18-16(17-13)12-9-7-6-8-10-12/h6-10,13-14H,5,11H2,1-4H3/t13-,14-/m0/s1. The molecular formula is C15H23BO2. The number of hydrogen-bond donors (Lipinski definition) is 0. The van der Waals surface area contributed by atoms with Gasteiger partial charge in [-0.05, 0) is 23.7 Å². The van der Waals surface area contributed by atoms with E-state index in [0.29, 0.717) is 6.10 Å². The summed E-state index contributed by atoms with van der Waals surface area (Å²) >= 11 is 0.